The Bertz CT molecular complexity index is 956. The molecule has 0 aliphatic carbocycles. The average molecular weight is 478 g/mol. The van der Waals surface area contributed by atoms with Crippen molar-refractivity contribution in [1.29, 1.82) is 0 Å². The quantitative estimate of drug-likeness (QED) is 0.394. The van der Waals surface area contributed by atoms with Crippen molar-refractivity contribution in [2.45, 2.75) is 50.5 Å². The van der Waals surface area contributed by atoms with E-state index in [0.717, 1.165) is 18.0 Å². The van der Waals surface area contributed by atoms with Crippen LogP contribution in [0.4, 0.5) is 0 Å². The molecule has 11 heteroatoms. The highest BCUT2D eigenvalue weighted by Gasteiger charge is 2.28. The number of nitrogens with one attached hydrogen (secondary N) is 2. The van der Waals surface area contributed by atoms with Crippen molar-refractivity contribution >= 4 is 29.5 Å². The molecule has 2 aliphatic rings. The number of cyclic esters (lactones) is 1. The maximum absolute atomic E-state index is 12.6. The Morgan fingerprint density at radius 3 is 2.82 bits per heavy atom. The summed E-state index contributed by atoms with van der Waals surface area (Å²) in [7, 11) is 0. The lowest BCUT2D eigenvalue weighted by atomic mass is 10.1. The first kappa shape index (κ1) is 24.7. The highest BCUT2D eigenvalue weighted by molar-refractivity contribution is 8.04. The van der Waals surface area contributed by atoms with Gasteiger partial charge in [0, 0.05) is 25.1 Å². The van der Waals surface area contributed by atoms with Crippen LogP contribution in [0, 0.1) is 0 Å². The molecule has 0 aromatic carbocycles. The van der Waals surface area contributed by atoms with Crippen molar-refractivity contribution in [3.05, 3.63) is 53.1 Å². The van der Waals surface area contributed by atoms with Crippen molar-refractivity contribution in [3.8, 4) is 0 Å². The predicted octanol–water partition coefficient (Wildman–Crippen LogP) is 0.622. The van der Waals surface area contributed by atoms with Gasteiger partial charge in [0.15, 0.2) is 11.6 Å². The Morgan fingerprint density at radius 2 is 2.00 bits per heavy atom. The van der Waals surface area contributed by atoms with Crippen molar-refractivity contribution in [2.75, 3.05) is 12.3 Å². The summed E-state index contributed by atoms with van der Waals surface area (Å²) in [6.07, 6.45) is 7.47. The summed E-state index contributed by atoms with van der Waals surface area (Å²) in [5, 5.41) is 25.6. The van der Waals surface area contributed by atoms with Gasteiger partial charge < -0.3 is 30.0 Å². The minimum absolute atomic E-state index is 0.00699. The zero-order valence-corrected chi connectivity index (χ0v) is 18.9. The van der Waals surface area contributed by atoms with Crippen LogP contribution in [0.25, 0.3) is 0 Å². The third kappa shape index (κ3) is 7.58. The lowest BCUT2D eigenvalue weighted by Gasteiger charge is -2.18. The van der Waals surface area contributed by atoms with E-state index >= 15 is 0 Å². The molecule has 1 aromatic rings. The number of fused-ring (bicyclic) bond motifs is 5. The van der Waals surface area contributed by atoms with Gasteiger partial charge in [0.1, 0.15) is 18.4 Å². The predicted molar refractivity (Wildman–Crippen MR) is 120 cm³/mol. The molecule has 0 saturated heterocycles. The second-order valence-electron chi connectivity index (χ2n) is 7.70. The number of aliphatic hydroxyl groups is 2. The van der Waals surface area contributed by atoms with Gasteiger partial charge in [-0.05, 0) is 6.92 Å². The third-order valence-corrected chi connectivity index (χ3v) is 6.00. The fraction of sp³-hybridized carbons (Fsp3) is 0.455. The van der Waals surface area contributed by atoms with E-state index in [9.17, 15) is 24.6 Å². The molecule has 4 atom stereocenters. The number of esters is 1. The molecule has 2 amide bonds. The number of oxazole rings is 1. The lowest BCUT2D eigenvalue weighted by Crippen LogP contribution is -2.44. The van der Waals surface area contributed by atoms with Crippen LogP contribution >= 0.6 is 11.8 Å². The number of amides is 2. The number of nitrogens with zero attached hydrogens (tertiary/aromatic N) is 1. The van der Waals surface area contributed by atoms with Crippen LogP contribution < -0.4 is 10.6 Å². The minimum atomic E-state index is -1.00. The molecule has 1 aromatic heterocycles. The van der Waals surface area contributed by atoms with Crippen LogP contribution in [0.15, 0.2) is 46.0 Å². The van der Waals surface area contributed by atoms with Crippen LogP contribution in [0.2, 0.25) is 0 Å². The maximum Gasteiger partial charge on any atom is 0.329 e. The van der Waals surface area contributed by atoms with Crippen molar-refractivity contribution in [1.82, 2.24) is 15.6 Å². The van der Waals surface area contributed by atoms with E-state index in [1.165, 1.54) is 6.08 Å². The SMILES string of the molecule is C[C@@H]1C/C=C2\SC[C@@H](NC(=O)c3coc(n3)C[C@H](O)C[C@H](O)/C=C\C=C\CNC2=O)C(=O)O1. The summed E-state index contributed by atoms with van der Waals surface area (Å²) < 4.78 is 10.7. The molecular formula is C22H27N3O7S. The van der Waals surface area contributed by atoms with E-state index in [4.69, 9.17) is 9.15 Å². The summed E-state index contributed by atoms with van der Waals surface area (Å²) in [6, 6.07) is -1.00. The van der Waals surface area contributed by atoms with Gasteiger partial charge in [0.2, 0.25) is 0 Å². The van der Waals surface area contributed by atoms with Gasteiger partial charge >= 0.3 is 5.97 Å². The van der Waals surface area contributed by atoms with Gasteiger partial charge in [-0.1, -0.05) is 30.4 Å². The number of thioether (sulfide) groups is 1. The third-order valence-electron chi connectivity index (χ3n) is 4.84. The van der Waals surface area contributed by atoms with Crippen LogP contribution in [0.1, 0.15) is 36.1 Å². The number of ether oxygens (including phenoxy) is 1. The topological polar surface area (TPSA) is 151 Å². The number of aromatic nitrogens is 1. The molecule has 3 heterocycles. The van der Waals surface area contributed by atoms with Gasteiger partial charge in [-0.2, -0.15) is 0 Å². The summed E-state index contributed by atoms with van der Waals surface area (Å²) in [5.41, 5.74) is -0.0589. The summed E-state index contributed by atoms with van der Waals surface area (Å²) in [4.78, 5) is 42.3. The van der Waals surface area contributed by atoms with E-state index < -0.39 is 36.2 Å². The fourth-order valence-electron chi connectivity index (χ4n) is 3.12. The van der Waals surface area contributed by atoms with Crippen molar-refractivity contribution in [2.24, 2.45) is 0 Å². The monoisotopic (exact) mass is 477 g/mol. The molecule has 4 N–H and O–H groups in total. The molecule has 0 saturated carbocycles. The van der Waals surface area contributed by atoms with Crippen LogP contribution in [0.3, 0.4) is 0 Å². The number of aliphatic hydroxyl groups excluding tert-OH is 2. The molecule has 0 spiro atoms. The number of rotatable bonds is 0. The summed E-state index contributed by atoms with van der Waals surface area (Å²) in [6.45, 7) is 1.97. The smallest absolute Gasteiger partial charge is 0.329 e. The van der Waals surface area contributed by atoms with E-state index in [0.29, 0.717) is 11.3 Å². The molecule has 3 rings (SSSR count). The van der Waals surface area contributed by atoms with Crippen molar-refractivity contribution < 1.29 is 33.8 Å². The minimum Gasteiger partial charge on any atom is -0.461 e. The van der Waals surface area contributed by atoms with Gasteiger partial charge in [-0.3, -0.25) is 9.59 Å². The number of carbonyl (C=O) groups excluding carboxylic acids is 3. The van der Waals surface area contributed by atoms with Gasteiger partial charge in [-0.15, -0.1) is 11.8 Å². The molecule has 2 aliphatic heterocycles. The maximum atomic E-state index is 12.6. The Balaban J connectivity index is 1.84. The van der Waals surface area contributed by atoms with E-state index in [2.05, 4.69) is 15.6 Å². The van der Waals surface area contributed by atoms with Crippen LogP contribution in [-0.2, 0) is 20.7 Å². The Morgan fingerprint density at radius 1 is 1.18 bits per heavy atom. The molecule has 0 radical (unpaired) electrons. The number of hydrogen-bond donors (Lipinski definition) is 4. The molecule has 10 nitrogen and oxygen atoms in total. The molecule has 0 fully saturated rings. The van der Waals surface area contributed by atoms with E-state index in [-0.39, 0.29) is 42.6 Å². The second-order valence-corrected chi connectivity index (χ2v) is 8.76. The standard InChI is InChI=1S/C22H27N3O7S/c1-13-6-7-18-21(29)23-8-4-2-3-5-14(26)9-15(27)10-19-24-16(11-31-19)20(28)25-17(12-33-18)22(30)32-13/h2-5,7,11,13-15,17,26-27H,6,8-10,12H2,1H3,(H,23,29)(H,25,28)/b4-2+,5-3-,18-7-/t13-,14-,15-,17-/m1/s1. The highest BCUT2D eigenvalue weighted by atomic mass is 32.2. The molecule has 33 heavy (non-hydrogen) atoms. The zero-order chi connectivity index (χ0) is 23.8. The summed E-state index contributed by atoms with van der Waals surface area (Å²) in [5.74, 6) is -1.34. The molecule has 4 bridgehead atoms. The number of carbonyl (C=O) groups is 3. The van der Waals surface area contributed by atoms with Gasteiger partial charge in [-0.25, -0.2) is 9.78 Å². The van der Waals surface area contributed by atoms with Crippen LogP contribution in [0.5, 0.6) is 0 Å². The lowest BCUT2D eigenvalue weighted by molar-refractivity contribution is -0.149. The first-order valence-electron chi connectivity index (χ1n) is 10.6. The normalized spacial score (nSPS) is 31.5. The zero-order valence-electron chi connectivity index (χ0n) is 18.1. The fourth-order valence-corrected chi connectivity index (χ4v) is 4.10. The molecule has 178 valence electrons. The first-order valence-corrected chi connectivity index (χ1v) is 11.6. The second kappa shape index (κ2) is 11.8. The molecule has 0 unspecified atom stereocenters. The van der Waals surface area contributed by atoms with E-state index in [1.54, 1.807) is 31.2 Å². The average Bonchev–Trinajstić information content (AvgIpc) is 3.23. The Labute approximate surface area is 195 Å². The Hall–Kier alpha value is -2.89. The highest BCUT2D eigenvalue weighted by Crippen LogP contribution is 2.22. The van der Waals surface area contributed by atoms with E-state index in [1.807, 2.05) is 0 Å². The summed E-state index contributed by atoms with van der Waals surface area (Å²) >= 11 is 1.15. The van der Waals surface area contributed by atoms with Gasteiger partial charge in [0.05, 0.1) is 23.5 Å². The largest absolute Gasteiger partial charge is 0.461 e. The number of allylic oxidation sites excluding steroid dienone is 2. The van der Waals surface area contributed by atoms with Crippen molar-refractivity contribution in [3.63, 3.8) is 0 Å². The number of hydrogen-bond acceptors (Lipinski definition) is 9. The van der Waals surface area contributed by atoms with Crippen LogP contribution in [-0.4, -0.2) is 69.6 Å². The first-order chi connectivity index (χ1) is 15.8. The van der Waals surface area contributed by atoms with Gasteiger partial charge in [0.25, 0.3) is 11.8 Å². The Kier molecular flexibility index (Phi) is 8.87. The molecular weight excluding hydrogens is 450 g/mol.